The van der Waals surface area contributed by atoms with Crippen LogP contribution < -0.4 is 0 Å². The van der Waals surface area contributed by atoms with Crippen molar-refractivity contribution in [2.24, 2.45) is 0 Å². The van der Waals surface area contributed by atoms with E-state index in [4.69, 9.17) is 5.11 Å². The summed E-state index contributed by atoms with van der Waals surface area (Å²) in [5.41, 5.74) is 2.86. The second-order valence-electron chi connectivity index (χ2n) is 3.86. The van der Waals surface area contributed by atoms with Crippen LogP contribution in [0.2, 0.25) is 0 Å². The minimum Gasteiger partial charge on any atom is -0.508 e. The van der Waals surface area contributed by atoms with Gasteiger partial charge in [0.15, 0.2) is 0 Å². The Hall–Kier alpha value is -1.76. The molecule has 0 radical (unpaired) electrons. The van der Waals surface area contributed by atoms with Crippen LogP contribution in [-0.4, -0.2) is 5.11 Å². The van der Waals surface area contributed by atoms with Gasteiger partial charge < -0.3 is 5.11 Å². The molecule has 0 fully saturated rings. The van der Waals surface area contributed by atoms with Crippen LogP contribution in [0.1, 0.15) is 38.8 Å². The van der Waals surface area contributed by atoms with E-state index in [0.717, 1.165) is 12.8 Å². The summed E-state index contributed by atoms with van der Waals surface area (Å²) in [4.78, 5) is 0. The van der Waals surface area contributed by atoms with Crippen molar-refractivity contribution >= 4 is 0 Å². The zero-order chi connectivity index (χ0) is 14.5. The number of rotatable bonds is 2. The lowest BCUT2D eigenvalue weighted by molar-refractivity contribution is 0.475. The van der Waals surface area contributed by atoms with Gasteiger partial charge in [0.25, 0.3) is 0 Å². The molecule has 0 bridgehead atoms. The summed E-state index contributed by atoms with van der Waals surface area (Å²) in [5, 5.41) is 8.63. The Morgan fingerprint density at radius 3 is 1.26 bits per heavy atom. The van der Waals surface area contributed by atoms with Crippen LogP contribution in [0, 0.1) is 0 Å². The fourth-order valence-electron chi connectivity index (χ4n) is 1.44. The average Bonchev–Trinajstić information content (AvgIpc) is 2.51. The van der Waals surface area contributed by atoms with Gasteiger partial charge in [-0.1, -0.05) is 70.2 Å². The highest BCUT2D eigenvalue weighted by Gasteiger charge is 1.88. The quantitative estimate of drug-likeness (QED) is 0.782. The Morgan fingerprint density at radius 2 is 1.05 bits per heavy atom. The van der Waals surface area contributed by atoms with E-state index in [1.54, 1.807) is 24.3 Å². The molecule has 0 amide bonds. The lowest BCUT2D eigenvalue weighted by Gasteiger charge is -1.97. The summed E-state index contributed by atoms with van der Waals surface area (Å²) in [6, 6.07) is 17.5. The van der Waals surface area contributed by atoms with Gasteiger partial charge >= 0.3 is 0 Å². The summed E-state index contributed by atoms with van der Waals surface area (Å²) < 4.78 is 0. The Balaban J connectivity index is 0.000000316. The third kappa shape index (κ3) is 8.04. The van der Waals surface area contributed by atoms with Crippen molar-refractivity contribution in [1.82, 2.24) is 0 Å². The minimum absolute atomic E-state index is 0.322. The number of aryl methyl sites for hydroxylation is 2. The van der Waals surface area contributed by atoms with Gasteiger partial charge in [0.2, 0.25) is 0 Å². The summed E-state index contributed by atoms with van der Waals surface area (Å²) in [5.74, 6) is 0.322. The maximum atomic E-state index is 8.63. The first-order chi connectivity index (χ1) is 9.26. The van der Waals surface area contributed by atoms with Gasteiger partial charge in [-0.15, -0.1) is 0 Å². The molecule has 0 aliphatic rings. The normalized spacial score (nSPS) is 8.63. The maximum absolute atomic E-state index is 8.63. The monoisotopic (exact) mass is 258 g/mol. The predicted octanol–water partition coefficient (Wildman–Crippen LogP) is 5.23. The van der Waals surface area contributed by atoms with Crippen molar-refractivity contribution in [2.45, 2.75) is 40.5 Å². The van der Waals surface area contributed by atoms with Gasteiger partial charge in [-0.25, -0.2) is 0 Å². The molecule has 0 unspecified atom stereocenters. The third-order valence-corrected chi connectivity index (χ3v) is 2.60. The molecule has 2 aromatic carbocycles. The number of hydrogen-bond donors (Lipinski definition) is 1. The van der Waals surface area contributed by atoms with Gasteiger partial charge in [-0.05, 0) is 36.1 Å². The van der Waals surface area contributed by atoms with E-state index in [2.05, 4.69) is 38.1 Å². The second-order valence-corrected chi connectivity index (χ2v) is 3.86. The van der Waals surface area contributed by atoms with Crippen molar-refractivity contribution in [1.29, 1.82) is 0 Å². The summed E-state index contributed by atoms with van der Waals surface area (Å²) >= 11 is 0. The van der Waals surface area contributed by atoms with Crippen molar-refractivity contribution in [3.63, 3.8) is 0 Å². The molecule has 0 aromatic heterocycles. The molecule has 1 heteroatoms. The lowest BCUT2D eigenvalue weighted by atomic mass is 10.1. The minimum atomic E-state index is 0.322. The number of para-hydroxylation sites is 1. The number of aromatic hydroxyl groups is 1. The zero-order valence-corrected chi connectivity index (χ0v) is 12.6. The fraction of sp³-hybridized carbons (Fsp3) is 0.333. The van der Waals surface area contributed by atoms with Gasteiger partial charge in [-0.2, -0.15) is 0 Å². The molecule has 104 valence electrons. The number of hydrogen-bond acceptors (Lipinski definition) is 1. The average molecular weight is 258 g/mol. The van der Waals surface area contributed by atoms with Crippen molar-refractivity contribution in [3.05, 3.63) is 65.7 Å². The Kier molecular flexibility index (Phi) is 10.3. The van der Waals surface area contributed by atoms with E-state index in [1.807, 2.05) is 19.9 Å². The molecular weight excluding hydrogens is 232 g/mol. The largest absolute Gasteiger partial charge is 0.508 e. The first-order valence-corrected chi connectivity index (χ1v) is 7.08. The van der Waals surface area contributed by atoms with Gasteiger partial charge in [-0.3, -0.25) is 0 Å². The van der Waals surface area contributed by atoms with Crippen molar-refractivity contribution in [3.8, 4) is 5.75 Å². The van der Waals surface area contributed by atoms with Gasteiger partial charge in [0.05, 0.1) is 0 Å². The molecule has 19 heavy (non-hydrogen) atoms. The lowest BCUT2D eigenvalue weighted by Crippen LogP contribution is -1.81. The molecule has 1 N–H and O–H groups in total. The second kappa shape index (κ2) is 11.3. The topological polar surface area (TPSA) is 20.2 Å². The molecule has 0 saturated carbocycles. The van der Waals surface area contributed by atoms with Crippen LogP contribution in [0.3, 0.4) is 0 Å². The van der Waals surface area contributed by atoms with E-state index >= 15 is 0 Å². The van der Waals surface area contributed by atoms with Crippen molar-refractivity contribution in [2.75, 3.05) is 0 Å². The molecular formula is C18H26O. The number of phenols is 1. The van der Waals surface area contributed by atoms with E-state index < -0.39 is 0 Å². The van der Waals surface area contributed by atoms with E-state index in [-0.39, 0.29) is 0 Å². The highest BCUT2D eigenvalue weighted by atomic mass is 16.3. The molecule has 0 atom stereocenters. The van der Waals surface area contributed by atoms with Gasteiger partial charge in [0.1, 0.15) is 5.75 Å². The molecule has 2 rings (SSSR count). The highest BCUT2D eigenvalue weighted by molar-refractivity contribution is 5.22. The first kappa shape index (κ1) is 17.2. The summed E-state index contributed by atoms with van der Waals surface area (Å²) in [7, 11) is 0. The molecule has 0 aliphatic heterocycles. The Labute approximate surface area is 117 Å². The molecule has 1 nitrogen and oxygen atoms in total. The van der Waals surface area contributed by atoms with E-state index in [9.17, 15) is 0 Å². The fourth-order valence-corrected chi connectivity index (χ4v) is 1.44. The maximum Gasteiger partial charge on any atom is 0.115 e. The Morgan fingerprint density at radius 1 is 0.684 bits per heavy atom. The number of benzene rings is 2. The van der Waals surface area contributed by atoms with Crippen LogP contribution in [-0.2, 0) is 12.8 Å². The predicted molar refractivity (Wildman–Crippen MR) is 84.7 cm³/mol. The van der Waals surface area contributed by atoms with Gasteiger partial charge in [0, 0.05) is 0 Å². The van der Waals surface area contributed by atoms with E-state index in [0.29, 0.717) is 5.75 Å². The van der Waals surface area contributed by atoms with E-state index in [1.165, 1.54) is 11.1 Å². The van der Waals surface area contributed by atoms with Crippen LogP contribution in [0.4, 0.5) is 0 Å². The third-order valence-electron chi connectivity index (χ3n) is 2.60. The molecule has 0 aliphatic carbocycles. The molecule has 0 spiro atoms. The van der Waals surface area contributed by atoms with Crippen LogP contribution in [0.25, 0.3) is 0 Å². The smallest absolute Gasteiger partial charge is 0.115 e. The summed E-state index contributed by atoms with van der Waals surface area (Å²) in [6.07, 6.45) is 2.29. The first-order valence-electron chi connectivity index (χ1n) is 7.08. The van der Waals surface area contributed by atoms with Crippen LogP contribution in [0.15, 0.2) is 54.6 Å². The zero-order valence-electron chi connectivity index (χ0n) is 12.6. The van der Waals surface area contributed by atoms with Crippen molar-refractivity contribution < 1.29 is 5.11 Å². The SMILES string of the molecule is CC.CCc1ccc(CC)cc1.Oc1ccccc1. The summed E-state index contributed by atoms with van der Waals surface area (Å²) in [6.45, 7) is 8.36. The highest BCUT2D eigenvalue weighted by Crippen LogP contribution is 2.04. The van der Waals surface area contributed by atoms with Crippen LogP contribution >= 0.6 is 0 Å². The van der Waals surface area contributed by atoms with Crippen LogP contribution in [0.5, 0.6) is 5.75 Å². The molecule has 0 heterocycles. The Bertz CT molecular complexity index is 380. The molecule has 2 aromatic rings. The molecule has 0 saturated heterocycles. The standard InChI is InChI=1S/C10H14.C6H6O.C2H6/c1-3-9-5-7-10(4-2)8-6-9;7-6-4-2-1-3-5-6;1-2/h5-8H,3-4H2,1-2H3;1-5,7H;1-2H3. The number of phenolic OH excluding ortho intramolecular Hbond substituents is 1.